The summed E-state index contributed by atoms with van der Waals surface area (Å²) in [7, 11) is 0. The fourth-order valence-electron chi connectivity index (χ4n) is 2.73. The highest BCUT2D eigenvalue weighted by Gasteiger charge is 2.29. The third-order valence-electron chi connectivity index (χ3n) is 3.98. The van der Waals surface area contributed by atoms with E-state index >= 15 is 0 Å². The molecule has 148 valence electrons. The standard InChI is InChI=1S/C20H20F3N3S2/c1-12(2)8-16-10-15(6-7-24-16)19-25-18(11-27-19)14-4-5-17(13(3)9-14)26-28-20(21,22)23/h4-7,9-12,26H,8H2,1-3H3. The van der Waals surface area contributed by atoms with Gasteiger partial charge >= 0.3 is 5.51 Å². The molecule has 1 N–H and O–H groups in total. The molecule has 3 rings (SSSR count). The quantitative estimate of drug-likeness (QED) is 0.435. The van der Waals surface area contributed by atoms with Crippen LogP contribution in [0.25, 0.3) is 21.8 Å². The number of aryl methyl sites for hydroxylation is 1. The van der Waals surface area contributed by atoms with Gasteiger partial charge in [0.25, 0.3) is 0 Å². The van der Waals surface area contributed by atoms with Crippen LogP contribution in [0.2, 0.25) is 0 Å². The topological polar surface area (TPSA) is 37.8 Å². The summed E-state index contributed by atoms with van der Waals surface area (Å²) in [5, 5.41) is 2.86. The molecule has 0 saturated heterocycles. The van der Waals surface area contributed by atoms with Crippen LogP contribution in [0.1, 0.15) is 25.1 Å². The van der Waals surface area contributed by atoms with Crippen molar-refractivity contribution < 1.29 is 13.2 Å². The predicted molar refractivity (Wildman–Crippen MR) is 111 cm³/mol. The van der Waals surface area contributed by atoms with E-state index in [4.69, 9.17) is 4.98 Å². The summed E-state index contributed by atoms with van der Waals surface area (Å²) in [5.74, 6) is 0.528. The second kappa shape index (κ2) is 8.53. The minimum absolute atomic E-state index is 0.260. The lowest BCUT2D eigenvalue weighted by atomic mass is 10.1. The van der Waals surface area contributed by atoms with E-state index in [1.807, 2.05) is 17.5 Å². The molecule has 28 heavy (non-hydrogen) atoms. The van der Waals surface area contributed by atoms with Crippen LogP contribution in [-0.4, -0.2) is 15.5 Å². The number of nitrogens with zero attached hydrogens (tertiary/aromatic N) is 2. The summed E-state index contributed by atoms with van der Waals surface area (Å²) >= 11 is 1.28. The third kappa shape index (κ3) is 5.48. The van der Waals surface area contributed by atoms with E-state index in [1.165, 1.54) is 0 Å². The lowest BCUT2D eigenvalue weighted by Gasteiger charge is -2.11. The fourth-order valence-corrected chi connectivity index (χ4v) is 4.01. The van der Waals surface area contributed by atoms with Gasteiger partial charge in [-0.15, -0.1) is 11.3 Å². The van der Waals surface area contributed by atoms with E-state index in [0.29, 0.717) is 11.6 Å². The second-order valence-corrected chi connectivity index (χ2v) is 8.58. The van der Waals surface area contributed by atoms with Crippen molar-refractivity contribution in [2.45, 2.75) is 32.7 Å². The van der Waals surface area contributed by atoms with E-state index in [9.17, 15) is 13.2 Å². The van der Waals surface area contributed by atoms with Crippen LogP contribution in [-0.2, 0) is 6.42 Å². The highest BCUT2D eigenvalue weighted by molar-refractivity contribution is 8.01. The maximum absolute atomic E-state index is 12.4. The molecule has 3 nitrogen and oxygen atoms in total. The van der Waals surface area contributed by atoms with Gasteiger partial charge in [0, 0.05) is 34.1 Å². The number of benzene rings is 1. The minimum Gasteiger partial charge on any atom is -0.322 e. The number of nitrogens with one attached hydrogen (secondary N) is 1. The van der Waals surface area contributed by atoms with Crippen LogP contribution >= 0.6 is 23.3 Å². The number of thiazole rings is 1. The zero-order valence-corrected chi connectivity index (χ0v) is 17.3. The van der Waals surface area contributed by atoms with Crippen LogP contribution in [0.4, 0.5) is 18.9 Å². The lowest BCUT2D eigenvalue weighted by Crippen LogP contribution is -2.05. The first kappa shape index (κ1) is 20.7. The molecule has 0 unspecified atom stereocenters. The molecule has 2 aromatic heterocycles. The molecule has 0 atom stereocenters. The van der Waals surface area contributed by atoms with Crippen molar-refractivity contribution in [3.05, 3.63) is 53.2 Å². The Kier molecular flexibility index (Phi) is 6.30. The monoisotopic (exact) mass is 423 g/mol. The molecular weight excluding hydrogens is 403 g/mol. The zero-order chi connectivity index (χ0) is 20.3. The lowest BCUT2D eigenvalue weighted by molar-refractivity contribution is -0.0323. The second-order valence-electron chi connectivity index (χ2n) is 6.85. The Balaban J connectivity index is 1.79. The van der Waals surface area contributed by atoms with Gasteiger partial charge in [0.05, 0.1) is 17.6 Å². The van der Waals surface area contributed by atoms with E-state index < -0.39 is 5.51 Å². The van der Waals surface area contributed by atoms with Crippen LogP contribution in [0.5, 0.6) is 0 Å². The highest BCUT2D eigenvalue weighted by atomic mass is 32.2. The average molecular weight is 424 g/mol. The average Bonchev–Trinajstić information content (AvgIpc) is 3.09. The molecule has 0 radical (unpaired) electrons. The van der Waals surface area contributed by atoms with Gasteiger partial charge < -0.3 is 4.72 Å². The van der Waals surface area contributed by atoms with E-state index in [0.717, 1.165) is 39.5 Å². The maximum Gasteiger partial charge on any atom is 0.461 e. The maximum atomic E-state index is 12.4. The normalized spacial score (nSPS) is 11.8. The molecule has 0 fully saturated rings. The molecule has 0 aliphatic rings. The van der Waals surface area contributed by atoms with Crippen molar-refractivity contribution >= 4 is 29.0 Å². The summed E-state index contributed by atoms with van der Waals surface area (Å²) in [4.78, 5) is 9.13. The molecule has 0 saturated carbocycles. The van der Waals surface area contributed by atoms with Crippen molar-refractivity contribution in [3.63, 3.8) is 0 Å². The Morgan fingerprint density at radius 3 is 2.61 bits per heavy atom. The summed E-state index contributed by atoms with van der Waals surface area (Å²) < 4.78 is 39.5. The number of aromatic nitrogens is 2. The number of halogens is 3. The van der Waals surface area contributed by atoms with Gasteiger partial charge in [-0.2, -0.15) is 13.2 Å². The summed E-state index contributed by atoms with van der Waals surface area (Å²) in [6.45, 7) is 6.09. The Morgan fingerprint density at radius 2 is 1.93 bits per heavy atom. The molecular formula is C20H20F3N3S2. The molecule has 0 aliphatic carbocycles. The molecule has 2 heterocycles. The smallest absolute Gasteiger partial charge is 0.322 e. The molecule has 3 aromatic rings. The van der Waals surface area contributed by atoms with E-state index in [-0.39, 0.29) is 11.9 Å². The van der Waals surface area contributed by atoms with Gasteiger partial charge in [-0.3, -0.25) is 4.98 Å². The number of alkyl halides is 3. The van der Waals surface area contributed by atoms with Crippen LogP contribution in [0.15, 0.2) is 41.9 Å². The van der Waals surface area contributed by atoms with Gasteiger partial charge in [-0.25, -0.2) is 4.98 Å². The SMILES string of the molecule is Cc1cc(-c2csc(-c3ccnc(CC(C)C)c3)n2)ccc1NSC(F)(F)F. The largest absolute Gasteiger partial charge is 0.461 e. The molecule has 8 heteroatoms. The van der Waals surface area contributed by atoms with Gasteiger partial charge in [0.2, 0.25) is 0 Å². The number of rotatable bonds is 6. The molecule has 1 aromatic carbocycles. The number of hydrogen-bond donors (Lipinski definition) is 1. The summed E-state index contributed by atoms with van der Waals surface area (Å²) in [6, 6.07) is 9.28. The Hall–Kier alpha value is -2.06. The van der Waals surface area contributed by atoms with Gasteiger partial charge in [0.15, 0.2) is 0 Å². The van der Waals surface area contributed by atoms with Crippen molar-refractivity contribution in [3.8, 4) is 21.8 Å². The van der Waals surface area contributed by atoms with Crippen LogP contribution < -0.4 is 4.72 Å². The molecule has 0 amide bonds. The molecule has 0 bridgehead atoms. The highest BCUT2D eigenvalue weighted by Crippen LogP contribution is 2.34. The Morgan fingerprint density at radius 1 is 1.14 bits per heavy atom. The number of anilines is 1. The van der Waals surface area contributed by atoms with Crippen molar-refractivity contribution in [1.29, 1.82) is 0 Å². The summed E-state index contributed by atoms with van der Waals surface area (Å²) in [5.41, 5.74) is 0.588. The Bertz CT molecular complexity index is 952. The van der Waals surface area contributed by atoms with Crippen molar-refractivity contribution in [2.75, 3.05) is 4.72 Å². The van der Waals surface area contributed by atoms with Crippen LogP contribution in [0.3, 0.4) is 0 Å². The minimum atomic E-state index is -4.33. The van der Waals surface area contributed by atoms with Crippen molar-refractivity contribution in [2.24, 2.45) is 5.92 Å². The Labute approximate surface area is 170 Å². The summed E-state index contributed by atoms with van der Waals surface area (Å²) in [6.07, 6.45) is 2.71. The molecule has 0 spiro atoms. The van der Waals surface area contributed by atoms with E-state index in [1.54, 1.807) is 36.6 Å². The first-order valence-corrected chi connectivity index (χ1v) is 10.4. The first-order valence-electron chi connectivity index (χ1n) is 8.74. The number of pyridine rings is 1. The fraction of sp³-hybridized carbons (Fsp3) is 0.300. The third-order valence-corrected chi connectivity index (χ3v) is 5.43. The first-order chi connectivity index (χ1) is 13.2. The number of hydrogen-bond acceptors (Lipinski definition) is 5. The predicted octanol–water partition coefficient (Wildman–Crippen LogP) is 6.96. The van der Waals surface area contributed by atoms with Gasteiger partial charge in [0.1, 0.15) is 5.01 Å². The van der Waals surface area contributed by atoms with Crippen molar-refractivity contribution in [1.82, 2.24) is 9.97 Å². The molecule has 0 aliphatic heterocycles. The van der Waals surface area contributed by atoms with Crippen LogP contribution in [0, 0.1) is 12.8 Å². The van der Waals surface area contributed by atoms with Gasteiger partial charge in [-0.05, 0) is 49.1 Å². The van der Waals surface area contributed by atoms with Gasteiger partial charge in [-0.1, -0.05) is 19.9 Å². The van der Waals surface area contributed by atoms with E-state index in [2.05, 4.69) is 29.6 Å². The zero-order valence-electron chi connectivity index (χ0n) is 15.7.